The first-order valence-electron chi connectivity index (χ1n) is 8.71. The number of aryl methyl sites for hydroxylation is 1. The monoisotopic (exact) mass is 286 g/mol. The highest BCUT2D eigenvalue weighted by molar-refractivity contribution is 5.26. The fraction of sp³-hybridized carbons (Fsp3) is 0.684. The summed E-state index contributed by atoms with van der Waals surface area (Å²) in [7, 11) is 0. The Morgan fingerprint density at radius 2 is 1.90 bits per heavy atom. The molecule has 2 fully saturated rings. The van der Waals surface area contributed by atoms with Crippen LogP contribution in [0.5, 0.6) is 0 Å². The van der Waals surface area contributed by atoms with E-state index in [4.69, 9.17) is 5.73 Å². The molecule has 0 radical (unpaired) electrons. The third-order valence-corrected chi connectivity index (χ3v) is 5.60. The zero-order valence-corrected chi connectivity index (χ0v) is 13.6. The first-order chi connectivity index (χ1) is 10.1. The van der Waals surface area contributed by atoms with Gasteiger partial charge in [0.25, 0.3) is 0 Å². The van der Waals surface area contributed by atoms with Gasteiger partial charge in [0.15, 0.2) is 0 Å². The van der Waals surface area contributed by atoms with Gasteiger partial charge < -0.3 is 5.73 Å². The molecular weight excluding hydrogens is 256 g/mol. The normalized spacial score (nSPS) is 29.7. The van der Waals surface area contributed by atoms with Crippen LogP contribution in [0.3, 0.4) is 0 Å². The Balaban J connectivity index is 1.78. The van der Waals surface area contributed by atoms with Crippen LogP contribution in [0.15, 0.2) is 24.3 Å². The molecule has 2 heteroatoms. The van der Waals surface area contributed by atoms with E-state index in [0.29, 0.717) is 6.04 Å². The first kappa shape index (κ1) is 15.1. The van der Waals surface area contributed by atoms with E-state index in [1.807, 2.05) is 0 Å². The standard InChI is InChI=1S/C19H30N2/c1-14-6-5-9-17(12-14)19(15(2)20)21-11-10-16-7-3-4-8-18(16)13-21/h5-6,9,12,15-16,18-19H,3-4,7-8,10-11,13,20H2,1-2H3. The van der Waals surface area contributed by atoms with Crippen LogP contribution in [-0.2, 0) is 0 Å². The molecule has 1 saturated carbocycles. The van der Waals surface area contributed by atoms with Gasteiger partial charge in [0.05, 0.1) is 0 Å². The summed E-state index contributed by atoms with van der Waals surface area (Å²) in [5.41, 5.74) is 9.12. The summed E-state index contributed by atoms with van der Waals surface area (Å²) in [5, 5.41) is 0. The molecule has 0 bridgehead atoms. The lowest BCUT2D eigenvalue weighted by Crippen LogP contribution is -2.47. The fourth-order valence-electron chi connectivity index (χ4n) is 4.58. The maximum atomic E-state index is 6.38. The third-order valence-electron chi connectivity index (χ3n) is 5.60. The molecule has 2 aliphatic rings. The fourth-order valence-corrected chi connectivity index (χ4v) is 4.58. The quantitative estimate of drug-likeness (QED) is 0.913. The van der Waals surface area contributed by atoms with Crippen molar-refractivity contribution >= 4 is 0 Å². The van der Waals surface area contributed by atoms with E-state index in [-0.39, 0.29) is 6.04 Å². The molecule has 1 aromatic rings. The van der Waals surface area contributed by atoms with Gasteiger partial charge >= 0.3 is 0 Å². The van der Waals surface area contributed by atoms with E-state index in [2.05, 4.69) is 43.0 Å². The van der Waals surface area contributed by atoms with Gasteiger partial charge in [-0.25, -0.2) is 0 Å². The Labute approximate surface area is 129 Å². The van der Waals surface area contributed by atoms with E-state index in [9.17, 15) is 0 Å². The van der Waals surface area contributed by atoms with Crippen LogP contribution in [0.2, 0.25) is 0 Å². The average molecular weight is 286 g/mol. The van der Waals surface area contributed by atoms with Gasteiger partial charge in [-0.1, -0.05) is 49.1 Å². The van der Waals surface area contributed by atoms with Crippen molar-refractivity contribution in [3.8, 4) is 0 Å². The molecule has 1 aliphatic carbocycles. The Hall–Kier alpha value is -0.860. The summed E-state index contributed by atoms with van der Waals surface area (Å²) >= 11 is 0. The van der Waals surface area contributed by atoms with Gasteiger partial charge in [0, 0.05) is 18.6 Å². The van der Waals surface area contributed by atoms with Crippen LogP contribution in [0.4, 0.5) is 0 Å². The summed E-state index contributed by atoms with van der Waals surface area (Å²) in [4.78, 5) is 2.67. The molecule has 21 heavy (non-hydrogen) atoms. The van der Waals surface area contributed by atoms with Crippen molar-refractivity contribution in [2.75, 3.05) is 13.1 Å². The molecule has 0 aromatic heterocycles. The number of piperidine rings is 1. The molecule has 4 unspecified atom stereocenters. The van der Waals surface area contributed by atoms with Crippen LogP contribution in [0.25, 0.3) is 0 Å². The number of nitrogens with two attached hydrogens (primary N) is 1. The summed E-state index contributed by atoms with van der Waals surface area (Å²) in [6, 6.07) is 9.50. The van der Waals surface area contributed by atoms with Gasteiger partial charge in [-0.3, -0.25) is 4.90 Å². The molecule has 116 valence electrons. The summed E-state index contributed by atoms with van der Waals surface area (Å²) < 4.78 is 0. The molecule has 1 aromatic carbocycles. The van der Waals surface area contributed by atoms with Crippen LogP contribution >= 0.6 is 0 Å². The smallest absolute Gasteiger partial charge is 0.0496 e. The average Bonchev–Trinajstić information content (AvgIpc) is 2.47. The topological polar surface area (TPSA) is 29.3 Å². The third kappa shape index (κ3) is 3.32. The van der Waals surface area contributed by atoms with Crippen molar-refractivity contribution in [1.29, 1.82) is 0 Å². The molecule has 1 saturated heterocycles. The highest BCUT2D eigenvalue weighted by atomic mass is 15.2. The van der Waals surface area contributed by atoms with Crippen molar-refractivity contribution in [3.63, 3.8) is 0 Å². The number of nitrogens with zero attached hydrogens (tertiary/aromatic N) is 1. The van der Waals surface area contributed by atoms with Crippen LogP contribution < -0.4 is 5.73 Å². The second kappa shape index (κ2) is 6.50. The maximum Gasteiger partial charge on any atom is 0.0496 e. The molecule has 0 spiro atoms. The summed E-state index contributed by atoms with van der Waals surface area (Å²) in [6.07, 6.45) is 7.16. The number of fused-ring (bicyclic) bond motifs is 1. The van der Waals surface area contributed by atoms with Gasteiger partial charge in [-0.2, -0.15) is 0 Å². The van der Waals surface area contributed by atoms with Crippen molar-refractivity contribution in [2.45, 2.75) is 58.0 Å². The largest absolute Gasteiger partial charge is 0.326 e. The van der Waals surface area contributed by atoms with E-state index in [0.717, 1.165) is 11.8 Å². The SMILES string of the molecule is Cc1cccc(C(C(C)N)N2CCC3CCCCC3C2)c1. The molecule has 0 amide bonds. The Kier molecular flexibility index (Phi) is 4.66. The predicted octanol–water partition coefficient (Wildman–Crippen LogP) is 3.90. The Morgan fingerprint density at radius 1 is 1.14 bits per heavy atom. The number of hydrogen-bond donors (Lipinski definition) is 1. The van der Waals surface area contributed by atoms with Crippen LogP contribution in [-0.4, -0.2) is 24.0 Å². The summed E-state index contributed by atoms with van der Waals surface area (Å²) in [5.74, 6) is 1.90. The second-order valence-corrected chi connectivity index (χ2v) is 7.31. The van der Waals surface area contributed by atoms with E-state index >= 15 is 0 Å². The van der Waals surface area contributed by atoms with Gasteiger partial charge in [0.1, 0.15) is 0 Å². The van der Waals surface area contributed by atoms with E-state index < -0.39 is 0 Å². The van der Waals surface area contributed by atoms with E-state index in [1.165, 1.54) is 56.3 Å². The highest BCUT2D eigenvalue weighted by Gasteiger charge is 2.35. The first-order valence-corrected chi connectivity index (χ1v) is 8.71. The molecular formula is C19H30N2. The number of benzene rings is 1. The second-order valence-electron chi connectivity index (χ2n) is 7.31. The molecule has 2 N–H and O–H groups in total. The lowest BCUT2D eigenvalue weighted by molar-refractivity contribution is 0.0494. The van der Waals surface area contributed by atoms with Gasteiger partial charge in [0.2, 0.25) is 0 Å². The number of likely N-dealkylation sites (tertiary alicyclic amines) is 1. The van der Waals surface area contributed by atoms with Gasteiger partial charge in [-0.05, 0) is 50.6 Å². The minimum atomic E-state index is 0.187. The Bertz CT molecular complexity index is 468. The van der Waals surface area contributed by atoms with Crippen molar-refractivity contribution in [2.24, 2.45) is 17.6 Å². The minimum absolute atomic E-state index is 0.187. The van der Waals surface area contributed by atoms with Crippen molar-refractivity contribution in [3.05, 3.63) is 35.4 Å². The zero-order valence-electron chi connectivity index (χ0n) is 13.6. The minimum Gasteiger partial charge on any atom is -0.326 e. The number of hydrogen-bond acceptors (Lipinski definition) is 2. The lowest BCUT2D eigenvalue weighted by atomic mass is 9.74. The van der Waals surface area contributed by atoms with Crippen LogP contribution in [0, 0.1) is 18.8 Å². The van der Waals surface area contributed by atoms with Crippen LogP contribution in [0.1, 0.15) is 56.2 Å². The molecule has 4 atom stereocenters. The number of rotatable bonds is 3. The molecule has 1 aliphatic heterocycles. The van der Waals surface area contributed by atoms with Crippen molar-refractivity contribution < 1.29 is 0 Å². The molecule has 2 nitrogen and oxygen atoms in total. The molecule has 1 heterocycles. The zero-order chi connectivity index (χ0) is 14.8. The van der Waals surface area contributed by atoms with E-state index in [1.54, 1.807) is 0 Å². The lowest BCUT2D eigenvalue weighted by Gasteiger charge is -2.45. The van der Waals surface area contributed by atoms with Crippen molar-refractivity contribution in [1.82, 2.24) is 4.90 Å². The predicted molar refractivity (Wildman–Crippen MR) is 89.2 cm³/mol. The maximum absolute atomic E-state index is 6.38. The van der Waals surface area contributed by atoms with Gasteiger partial charge in [-0.15, -0.1) is 0 Å². The summed E-state index contributed by atoms with van der Waals surface area (Å²) in [6.45, 7) is 6.82. The Morgan fingerprint density at radius 3 is 2.62 bits per heavy atom. The highest BCUT2D eigenvalue weighted by Crippen LogP contribution is 2.39. The molecule has 3 rings (SSSR count).